The zero-order valence-corrected chi connectivity index (χ0v) is 48.2. The Hall–Kier alpha value is -10.8. The van der Waals surface area contributed by atoms with E-state index < -0.39 is 39.5 Å². The number of hydrogen-bond acceptors (Lipinski definition) is 3. The Kier molecular flexibility index (Phi) is 12.7. The average molecular weight is 1150 g/mol. The van der Waals surface area contributed by atoms with Crippen molar-refractivity contribution in [1.29, 1.82) is 0 Å². The first kappa shape index (κ1) is 53.9. The van der Waals surface area contributed by atoms with Crippen LogP contribution in [0.1, 0.15) is 80.6 Å². The summed E-state index contributed by atoms with van der Waals surface area (Å²) < 4.78 is 80.2. The molecule has 3 aliphatic carbocycles. The van der Waals surface area contributed by atoms with E-state index in [0.717, 1.165) is 102 Å². The number of benzene rings is 12. The molecule has 15 rings (SSSR count). The summed E-state index contributed by atoms with van der Waals surface area (Å²) in [5.74, 6) is -1.48. The summed E-state index contributed by atoms with van der Waals surface area (Å²) in [4.78, 5) is 2.25. The van der Waals surface area contributed by atoms with Crippen LogP contribution >= 0.6 is 0 Å². The van der Waals surface area contributed by atoms with Crippen LogP contribution in [-0.4, -0.2) is 0 Å². The van der Waals surface area contributed by atoms with E-state index in [2.05, 4.69) is 111 Å². The van der Waals surface area contributed by atoms with Crippen LogP contribution < -0.4 is 14.4 Å². The molecule has 0 fully saturated rings. The molecule has 0 spiro atoms. The molecular weight excluding hydrogens is 1090 g/mol. The van der Waals surface area contributed by atoms with E-state index in [9.17, 15) is 0 Å². The van der Waals surface area contributed by atoms with Gasteiger partial charge < -0.3 is 14.4 Å². The van der Waals surface area contributed by atoms with Crippen molar-refractivity contribution >= 4 is 29.2 Å². The lowest BCUT2D eigenvalue weighted by Gasteiger charge is -2.37. The molecule has 2 unspecified atom stereocenters. The second-order valence-electron chi connectivity index (χ2n) is 23.3. The molecule has 0 bridgehead atoms. The lowest BCUT2D eigenvalue weighted by Crippen LogP contribution is -2.31. The number of halogens is 4. The van der Waals surface area contributed by atoms with Crippen LogP contribution in [0.5, 0.6) is 23.0 Å². The largest absolute Gasteiger partial charge is 0.457 e. The zero-order valence-electron chi connectivity index (χ0n) is 48.2. The Balaban J connectivity index is 0.982. The van der Waals surface area contributed by atoms with Gasteiger partial charge in [-0.05, 0) is 180 Å². The maximum atomic E-state index is 17.5. The quantitative estimate of drug-likeness (QED) is 0.107. The number of rotatable bonds is 13. The van der Waals surface area contributed by atoms with Crippen molar-refractivity contribution in [3.05, 3.63) is 364 Å². The fraction of sp³-hybridized carbons (Fsp3) is 0.0617. The first-order valence-electron chi connectivity index (χ1n) is 29.4. The standard InChI is InChI=1S/C81H55F4NO2/c1-5-50-28-38-56(39-29-50)87-58-42-32-52(33-43-58)80(69-23-14-25-73(82)77(69)84)67-21-11-8-16-60(67)63-46-36-54(48-71(63)80)86(75-27-13-19-65-62-18-7-10-20-66(62)79(3,4)76(65)75)55-37-47-64-61-17-9-12-22-68(61)81(72(64)49-55,70-24-15-26-74(83)78(70)85)53-34-44-59(45-35-53)88-57-40-30-51(6-2)31-41-57/h5-49H,1-2H2,3-4H3. The third-order valence-electron chi connectivity index (χ3n) is 18.4. The Labute approximate surface area is 509 Å². The second-order valence-corrected chi connectivity index (χ2v) is 23.3. The third-order valence-corrected chi connectivity index (χ3v) is 18.4. The molecule has 3 nitrogen and oxygen atoms in total. The maximum absolute atomic E-state index is 17.5. The van der Waals surface area contributed by atoms with Gasteiger partial charge in [-0.15, -0.1) is 0 Å². The highest BCUT2D eigenvalue weighted by molar-refractivity contribution is 5.95. The molecule has 0 aliphatic heterocycles. The minimum absolute atomic E-state index is 0.146. The SMILES string of the molecule is C=Cc1ccc(Oc2ccc(C3(c4cccc(F)c4F)c4ccccc4-c4ccc(N(c5ccc6c(c5)C(c5ccc(Oc7ccc(C=C)cc7)cc5)(c5cccc(F)c5F)c5ccccc5-6)c5cccc6c5C(C)(C)c5ccccc5-6)cc43)cc2)cc1. The van der Waals surface area contributed by atoms with E-state index in [1.54, 1.807) is 36.4 Å². The summed E-state index contributed by atoms with van der Waals surface area (Å²) in [5.41, 5.74) is 13.5. The van der Waals surface area contributed by atoms with Gasteiger partial charge in [0.1, 0.15) is 23.0 Å². The van der Waals surface area contributed by atoms with Gasteiger partial charge in [0.15, 0.2) is 23.3 Å². The van der Waals surface area contributed by atoms with Gasteiger partial charge in [-0.25, -0.2) is 17.6 Å². The number of ether oxygens (including phenoxy) is 2. The average Bonchev–Trinajstić information content (AvgIpc) is 1.53. The molecule has 12 aromatic rings. The Morgan fingerprint density at radius 2 is 0.693 bits per heavy atom. The molecule has 424 valence electrons. The van der Waals surface area contributed by atoms with Gasteiger partial charge in [0.2, 0.25) is 0 Å². The predicted octanol–water partition coefficient (Wildman–Crippen LogP) is 21.6. The minimum atomic E-state index is -1.41. The summed E-state index contributed by atoms with van der Waals surface area (Å²) in [7, 11) is 0. The Morgan fingerprint density at radius 1 is 0.341 bits per heavy atom. The van der Waals surface area contributed by atoms with Crippen LogP contribution in [0.2, 0.25) is 0 Å². The summed E-state index contributed by atoms with van der Waals surface area (Å²) >= 11 is 0. The van der Waals surface area contributed by atoms with Crippen LogP contribution in [0.15, 0.2) is 274 Å². The molecule has 0 N–H and O–H groups in total. The van der Waals surface area contributed by atoms with E-state index in [-0.39, 0.29) is 11.1 Å². The van der Waals surface area contributed by atoms with Crippen molar-refractivity contribution in [2.75, 3.05) is 4.90 Å². The van der Waals surface area contributed by atoms with Crippen molar-refractivity contribution in [2.45, 2.75) is 30.1 Å². The van der Waals surface area contributed by atoms with E-state index in [1.165, 1.54) is 5.56 Å². The molecule has 3 aliphatic rings. The topological polar surface area (TPSA) is 21.7 Å². The summed E-state index contributed by atoms with van der Waals surface area (Å²) in [6.45, 7) is 12.3. The van der Waals surface area contributed by atoms with Crippen molar-refractivity contribution in [3.63, 3.8) is 0 Å². The fourth-order valence-corrected chi connectivity index (χ4v) is 14.5. The van der Waals surface area contributed by atoms with Gasteiger partial charge in [-0.3, -0.25) is 0 Å². The van der Waals surface area contributed by atoms with E-state index >= 15 is 17.6 Å². The molecule has 7 heteroatoms. The lowest BCUT2D eigenvalue weighted by atomic mass is 9.67. The lowest BCUT2D eigenvalue weighted by molar-refractivity contribution is 0.480. The Morgan fingerprint density at radius 3 is 1.12 bits per heavy atom. The molecule has 0 saturated heterocycles. The van der Waals surface area contributed by atoms with Crippen molar-refractivity contribution in [3.8, 4) is 56.4 Å². The van der Waals surface area contributed by atoms with E-state index in [4.69, 9.17) is 9.47 Å². The normalized spacial score (nSPS) is 16.1. The number of anilines is 3. The van der Waals surface area contributed by atoms with Crippen molar-refractivity contribution in [1.82, 2.24) is 0 Å². The number of fused-ring (bicyclic) bond motifs is 9. The van der Waals surface area contributed by atoms with Gasteiger partial charge in [0, 0.05) is 27.9 Å². The first-order chi connectivity index (χ1) is 42.9. The number of nitrogens with zero attached hydrogens (tertiary/aromatic N) is 1. The van der Waals surface area contributed by atoms with Crippen LogP contribution in [0, 0.1) is 23.3 Å². The first-order valence-corrected chi connectivity index (χ1v) is 29.4. The summed E-state index contributed by atoms with van der Waals surface area (Å²) in [6.07, 6.45) is 3.54. The fourth-order valence-electron chi connectivity index (χ4n) is 14.5. The van der Waals surface area contributed by atoms with Crippen molar-refractivity contribution < 1.29 is 27.0 Å². The van der Waals surface area contributed by atoms with Crippen LogP contribution in [0.4, 0.5) is 34.6 Å². The smallest absolute Gasteiger partial charge is 0.163 e. The van der Waals surface area contributed by atoms with Crippen LogP contribution in [0.25, 0.3) is 45.5 Å². The third kappa shape index (κ3) is 8.10. The van der Waals surface area contributed by atoms with Gasteiger partial charge in [-0.1, -0.05) is 209 Å². The monoisotopic (exact) mass is 1150 g/mol. The zero-order chi connectivity index (χ0) is 60.1. The molecule has 0 aromatic heterocycles. The highest BCUT2D eigenvalue weighted by Gasteiger charge is 2.51. The molecule has 88 heavy (non-hydrogen) atoms. The van der Waals surface area contributed by atoms with Crippen LogP contribution in [0.3, 0.4) is 0 Å². The number of hydrogen-bond donors (Lipinski definition) is 0. The second kappa shape index (κ2) is 20.7. The maximum Gasteiger partial charge on any atom is 0.163 e. The molecule has 0 amide bonds. The molecule has 0 radical (unpaired) electrons. The summed E-state index contributed by atoms with van der Waals surface area (Å²) in [6, 6.07) is 82.8. The minimum Gasteiger partial charge on any atom is -0.457 e. The Bertz CT molecular complexity index is 4550. The van der Waals surface area contributed by atoms with Crippen molar-refractivity contribution in [2.24, 2.45) is 0 Å². The molecule has 0 heterocycles. The highest BCUT2D eigenvalue weighted by atomic mass is 19.2. The molecular formula is C81H55F4NO2. The predicted molar refractivity (Wildman–Crippen MR) is 346 cm³/mol. The molecule has 2 atom stereocenters. The van der Waals surface area contributed by atoms with E-state index in [1.807, 2.05) is 146 Å². The van der Waals surface area contributed by atoms with Crippen LogP contribution in [-0.2, 0) is 16.2 Å². The van der Waals surface area contributed by atoms with Gasteiger partial charge in [0.25, 0.3) is 0 Å². The molecule has 0 saturated carbocycles. The van der Waals surface area contributed by atoms with Gasteiger partial charge in [0.05, 0.1) is 16.5 Å². The summed E-state index contributed by atoms with van der Waals surface area (Å²) in [5, 5.41) is 0. The van der Waals surface area contributed by atoms with Gasteiger partial charge in [-0.2, -0.15) is 0 Å². The van der Waals surface area contributed by atoms with Gasteiger partial charge >= 0.3 is 0 Å². The van der Waals surface area contributed by atoms with E-state index in [0.29, 0.717) is 34.1 Å². The molecule has 12 aromatic carbocycles. The highest BCUT2D eigenvalue weighted by Crippen LogP contribution is 2.62.